The maximum atomic E-state index is 6.24. The van der Waals surface area contributed by atoms with E-state index < -0.39 is 0 Å². The minimum atomic E-state index is 0.378. The van der Waals surface area contributed by atoms with Crippen LogP contribution in [0.1, 0.15) is 19.7 Å². The van der Waals surface area contributed by atoms with E-state index >= 15 is 0 Å². The van der Waals surface area contributed by atoms with Gasteiger partial charge in [-0.2, -0.15) is 0 Å². The van der Waals surface area contributed by atoms with Gasteiger partial charge in [0.2, 0.25) is 0 Å². The van der Waals surface area contributed by atoms with E-state index in [4.69, 9.17) is 11.6 Å². The molecule has 0 unspecified atom stereocenters. The highest BCUT2D eigenvalue weighted by Gasteiger charge is 2.30. The van der Waals surface area contributed by atoms with Gasteiger partial charge in [0.05, 0.1) is 6.20 Å². The van der Waals surface area contributed by atoms with E-state index in [1.165, 1.54) is 0 Å². The Morgan fingerprint density at radius 2 is 2.16 bits per heavy atom. The first-order valence-electron chi connectivity index (χ1n) is 6.63. The summed E-state index contributed by atoms with van der Waals surface area (Å²) in [5.74, 6) is 1.61. The van der Waals surface area contributed by atoms with E-state index in [1.807, 2.05) is 13.0 Å². The van der Waals surface area contributed by atoms with Crippen LogP contribution in [0, 0.1) is 6.92 Å². The maximum absolute atomic E-state index is 6.24. The van der Waals surface area contributed by atoms with Gasteiger partial charge in [0.25, 0.3) is 0 Å². The largest absolute Gasteiger partial charge is 0.350 e. The topological polar surface area (TPSA) is 32.3 Å². The molecule has 0 saturated carbocycles. The quantitative estimate of drug-likeness (QED) is 0.797. The standard InChI is InChI=1S/C14H21ClN4/c1-5-6-18-8-11(3)19(9-10(18)2)14-13(15)7-16-12(4)17-14/h5,7,10-11H,1,6,8-9H2,2-4H3/t10-,11-/m1/s1. The molecule has 2 atom stereocenters. The molecule has 0 amide bonds. The molecule has 0 aliphatic carbocycles. The SMILES string of the molecule is C=CCN1C[C@@H](C)N(c2nc(C)ncc2Cl)C[C@H]1C. The van der Waals surface area contributed by atoms with Gasteiger partial charge in [-0.15, -0.1) is 6.58 Å². The van der Waals surface area contributed by atoms with Crippen LogP contribution >= 0.6 is 11.6 Å². The first-order valence-corrected chi connectivity index (χ1v) is 7.01. The molecule has 1 fully saturated rings. The number of halogens is 1. The van der Waals surface area contributed by atoms with Crippen LogP contribution in [0.5, 0.6) is 0 Å². The molecule has 0 radical (unpaired) electrons. The molecule has 2 heterocycles. The van der Waals surface area contributed by atoms with Crippen molar-refractivity contribution in [2.75, 3.05) is 24.5 Å². The monoisotopic (exact) mass is 280 g/mol. The van der Waals surface area contributed by atoms with Crippen molar-refractivity contribution in [2.24, 2.45) is 0 Å². The molecule has 1 saturated heterocycles. The predicted octanol–water partition coefficient (Wildman–Crippen LogP) is 2.52. The van der Waals surface area contributed by atoms with Crippen molar-refractivity contribution in [3.8, 4) is 0 Å². The second kappa shape index (κ2) is 5.88. The molecule has 1 aliphatic rings. The second-order valence-electron chi connectivity index (χ2n) is 5.18. The summed E-state index contributed by atoms with van der Waals surface area (Å²) in [6, 6.07) is 0.837. The van der Waals surface area contributed by atoms with Crippen molar-refractivity contribution < 1.29 is 0 Å². The first-order chi connectivity index (χ1) is 9.02. The Morgan fingerprint density at radius 1 is 1.42 bits per heavy atom. The number of aromatic nitrogens is 2. The molecule has 1 aromatic heterocycles. The Kier molecular flexibility index (Phi) is 4.42. The van der Waals surface area contributed by atoms with Crippen molar-refractivity contribution in [1.29, 1.82) is 0 Å². The second-order valence-corrected chi connectivity index (χ2v) is 5.59. The minimum absolute atomic E-state index is 0.378. The molecule has 0 spiro atoms. The number of hydrogen-bond acceptors (Lipinski definition) is 4. The van der Waals surface area contributed by atoms with Crippen molar-refractivity contribution >= 4 is 17.4 Å². The van der Waals surface area contributed by atoms with Gasteiger partial charge in [0.15, 0.2) is 5.82 Å². The van der Waals surface area contributed by atoms with Crippen LogP contribution in [-0.2, 0) is 0 Å². The summed E-state index contributed by atoms with van der Waals surface area (Å²) < 4.78 is 0. The fraction of sp³-hybridized carbons (Fsp3) is 0.571. The Hall–Kier alpha value is -1.13. The van der Waals surface area contributed by atoms with Gasteiger partial charge in [-0.25, -0.2) is 9.97 Å². The minimum Gasteiger partial charge on any atom is -0.350 e. The lowest BCUT2D eigenvalue weighted by atomic mass is 10.1. The van der Waals surface area contributed by atoms with Crippen LogP contribution in [0.15, 0.2) is 18.9 Å². The van der Waals surface area contributed by atoms with Crippen LogP contribution in [0.4, 0.5) is 5.82 Å². The summed E-state index contributed by atoms with van der Waals surface area (Å²) >= 11 is 6.24. The first kappa shape index (κ1) is 14.3. The van der Waals surface area contributed by atoms with Gasteiger partial charge in [-0.3, -0.25) is 4.90 Å². The lowest BCUT2D eigenvalue weighted by Crippen LogP contribution is -2.56. The smallest absolute Gasteiger partial charge is 0.151 e. The summed E-state index contributed by atoms with van der Waals surface area (Å²) in [4.78, 5) is 13.3. The molecule has 4 nitrogen and oxygen atoms in total. The van der Waals surface area contributed by atoms with Crippen LogP contribution in [0.2, 0.25) is 5.02 Å². The van der Waals surface area contributed by atoms with Crippen molar-refractivity contribution in [3.05, 3.63) is 29.7 Å². The van der Waals surface area contributed by atoms with Gasteiger partial charge in [0.1, 0.15) is 10.8 Å². The summed E-state index contributed by atoms with van der Waals surface area (Å²) in [5.41, 5.74) is 0. The zero-order valence-electron chi connectivity index (χ0n) is 11.8. The molecule has 0 aromatic carbocycles. The Morgan fingerprint density at radius 3 is 2.84 bits per heavy atom. The molecule has 0 bridgehead atoms. The van der Waals surface area contributed by atoms with Crippen molar-refractivity contribution in [3.63, 3.8) is 0 Å². The van der Waals surface area contributed by atoms with Crippen LogP contribution in [-0.4, -0.2) is 46.6 Å². The molecule has 19 heavy (non-hydrogen) atoms. The highest BCUT2D eigenvalue weighted by Crippen LogP contribution is 2.27. The Bertz CT molecular complexity index is 463. The normalized spacial score (nSPS) is 24.5. The fourth-order valence-electron chi connectivity index (χ4n) is 2.56. The van der Waals surface area contributed by atoms with E-state index in [9.17, 15) is 0 Å². The van der Waals surface area contributed by atoms with Crippen LogP contribution in [0.3, 0.4) is 0 Å². The van der Waals surface area contributed by atoms with E-state index in [0.29, 0.717) is 17.1 Å². The summed E-state index contributed by atoms with van der Waals surface area (Å²) in [5, 5.41) is 0.627. The highest BCUT2D eigenvalue weighted by atomic mass is 35.5. The van der Waals surface area contributed by atoms with Crippen LogP contribution in [0.25, 0.3) is 0 Å². The molecule has 1 aromatic rings. The molecule has 0 N–H and O–H groups in total. The number of hydrogen-bond donors (Lipinski definition) is 0. The van der Waals surface area contributed by atoms with Crippen molar-refractivity contribution in [1.82, 2.24) is 14.9 Å². The summed E-state index contributed by atoms with van der Waals surface area (Å²) in [6.07, 6.45) is 3.65. The Labute approximate surface area is 120 Å². The number of rotatable bonds is 3. The average molecular weight is 281 g/mol. The van der Waals surface area contributed by atoms with Gasteiger partial charge >= 0.3 is 0 Å². The third kappa shape index (κ3) is 3.07. The van der Waals surface area contributed by atoms with Gasteiger partial charge in [-0.1, -0.05) is 17.7 Å². The molecular weight excluding hydrogens is 260 g/mol. The fourth-order valence-corrected chi connectivity index (χ4v) is 2.76. The summed E-state index contributed by atoms with van der Waals surface area (Å²) in [7, 11) is 0. The maximum Gasteiger partial charge on any atom is 0.151 e. The van der Waals surface area contributed by atoms with Crippen LogP contribution < -0.4 is 4.90 Å². The van der Waals surface area contributed by atoms with E-state index in [2.05, 4.69) is 40.2 Å². The lowest BCUT2D eigenvalue weighted by molar-refractivity contribution is 0.183. The van der Waals surface area contributed by atoms with E-state index in [0.717, 1.165) is 31.3 Å². The number of piperazine rings is 1. The zero-order valence-corrected chi connectivity index (χ0v) is 12.6. The molecule has 2 rings (SSSR count). The number of aryl methyl sites for hydroxylation is 1. The van der Waals surface area contributed by atoms with E-state index in [1.54, 1.807) is 6.20 Å². The third-order valence-corrected chi connectivity index (χ3v) is 3.86. The summed E-state index contributed by atoms with van der Waals surface area (Å²) in [6.45, 7) is 13.0. The molecule has 5 heteroatoms. The number of nitrogens with zero attached hydrogens (tertiary/aromatic N) is 4. The van der Waals surface area contributed by atoms with Gasteiger partial charge < -0.3 is 4.90 Å². The average Bonchev–Trinajstić information content (AvgIpc) is 2.37. The van der Waals surface area contributed by atoms with Gasteiger partial charge in [-0.05, 0) is 20.8 Å². The third-order valence-electron chi connectivity index (χ3n) is 3.60. The van der Waals surface area contributed by atoms with Gasteiger partial charge in [0, 0.05) is 31.7 Å². The zero-order chi connectivity index (χ0) is 14.0. The van der Waals surface area contributed by atoms with Crippen molar-refractivity contribution in [2.45, 2.75) is 32.9 Å². The van der Waals surface area contributed by atoms with E-state index in [-0.39, 0.29) is 0 Å². The molecule has 1 aliphatic heterocycles. The number of anilines is 1. The predicted molar refractivity (Wildman–Crippen MR) is 79.8 cm³/mol. The Balaban J connectivity index is 2.22. The molecular formula is C14H21ClN4. The highest BCUT2D eigenvalue weighted by molar-refractivity contribution is 6.32. The molecule has 104 valence electrons. The lowest BCUT2D eigenvalue weighted by Gasteiger charge is -2.44.